The van der Waals surface area contributed by atoms with Gasteiger partial charge in [-0.05, 0) is 13.0 Å². The summed E-state index contributed by atoms with van der Waals surface area (Å²) in [7, 11) is 3.40. The Kier molecular flexibility index (Phi) is 1.95. The van der Waals surface area contributed by atoms with Crippen LogP contribution in [0.15, 0.2) is 10.9 Å². The Bertz CT molecular complexity index is 388. The minimum Gasteiger partial charge on any atom is -0.301 e. The average molecular weight is 170 g/mol. The van der Waals surface area contributed by atoms with E-state index < -0.39 is 0 Å². The molecule has 0 aliphatic heterocycles. The molecule has 0 radical (unpaired) electrons. The molecule has 0 bridgehead atoms. The Morgan fingerprint density at radius 1 is 1.36 bits per heavy atom. The molecule has 0 aliphatic rings. The molecular weight excluding hydrogens is 160 g/mol. The molecule has 3 nitrogen and oxygen atoms in total. The molecule has 0 aliphatic carbocycles. The van der Waals surface area contributed by atoms with Crippen molar-refractivity contribution in [2.75, 3.05) is 0 Å². The lowest BCUT2D eigenvalue weighted by atomic mass is 10.4. The molecule has 0 saturated heterocycles. The topological polar surface area (TPSA) is 26.9 Å². The molecule has 0 N–H and O–H groups in total. The van der Waals surface area contributed by atoms with Gasteiger partial charge in [0.15, 0.2) is 0 Å². The van der Waals surface area contributed by atoms with E-state index in [4.69, 9.17) is 12.2 Å². The van der Waals surface area contributed by atoms with Crippen LogP contribution in [0.3, 0.4) is 0 Å². The van der Waals surface area contributed by atoms with Crippen molar-refractivity contribution < 1.29 is 0 Å². The summed E-state index contributed by atoms with van der Waals surface area (Å²) in [6.45, 7) is 1.86. The van der Waals surface area contributed by atoms with Crippen molar-refractivity contribution in [2.24, 2.45) is 14.1 Å². The Morgan fingerprint density at radius 3 is 2.45 bits per heavy atom. The van der Waals surface area contributed by atoms with Crippen molar-refractivity contribution in [3.05, 3.63) is 26.9 Å². The van der Waals surface area contributed by atoms with Crippen molar-refractivity contribution in [1.29, 1.82) is 0 Å². The van der Waals surface area contributed by atoms with E-state index in [0.29, 0.717) is 4.64 Å². The van der Waals surface area contributed by atoms with Gasteiger partial charge >= 0.3 is 5.69 Å². The Balaban J connectivity index is 3.74. The first-order valence-electron chi connectivity index (χ1n) is 3.27. The summed E-state index contributed by atoms with van der Waals surface area (Å²) in [6.07, 6.45) is 0. The molecule has 0 saturated carbocycles. The number of aromatic nitrogens is 2. The van der Waals surface area contributed by atoms with E-state index in [1.165, 1.54) is 4.57 Å². The normalized spacial score (nSPS) is 10.1. The van der Waals surface area contributed by atoms with Gasteiger partial charge in [0.05, 0.1) is 0 Å². The fourth-order valence-electron chi connectivity index (χ4n) is 0.842. The van der Waals surface area contributed by atoms with Crippen LogP contribution in [-0.4, -0.2) is 9.13 Å². The molecule has 0 spiro atoms. The van der Waals surface area contributed by atoms with Gasteiger partial charge in [-0.2, -0.15) is 0 Å². The van der Waals surface area contributed by atoms with Gasteiger partial charge in [-0.25, -0.2) is 4.79 Å². The van der Waals surface area contributed by atoms with Crippen LogP contribution >= 0.6 is 12.2 Å². The van der Waals surface area contributed by atoms with E-state index in [9.17, 15) is 4.79 Å². The van der Waals surface area contributed by atoms with Gasteiger partial charge < -0.3 is 4.57 Å². The van der Waals surface area contributed by atoms with Crippen LogP contribution in [-0.2, 0) is 14.1 Å². The van der Waals surface area contributed by atoms with Gasteiger partial charge in [0, 0.05) is 19.8 Å². The molecule has 1 rings (SSSR count). The van der Waals surface area contributed by atoms with Crippen LogP contribution in [0.1, 0.15) is 5.69 Å². The molecule has 1 aromatic heterocycles. The molecule has 0 atom stereocenters. The zero-order valence-electron chi connectivity index (χ0n) is 6.79. The first-order chi connectivity index (χ1) is 5.04. The van der Waals surface area contributed by atoms with Crippen molar-refractivity contribution in [3.8, 4) is 0 Å². The van der Waals surface area contributed by atoms with Crippen molar-refractivity contribution in [1.82, 2.24) is 9.13 Å². The highest BCUT2D eigenvalue weighted by atomic mass is 32.1. The maximum Gasteiger partial charge on any atom is 0.328 e. The van der Waals surface area contributed by atoms with E-state index in [1.54, 1.807) is 24.7 Å². The summed E-state index contributed by atoms with van der Waals surface area (Å²) >= 11 is 4.94. The highest BCUT2D eigenvalue weighted by Crippen LogP contribution is 1.92. The minimum atomic E-state index is -0.0741. The summed E-state index contributed by atoms with van der Waals surface area (Å²) in [6, 6.07) is 1.80. The average Bonchev–Trinajstić information content (AvgIpc) is 1.97. The quantitative estimate of drug-likeness (QED) is 0.537. The minimum absolute atomic E-state index is 0.0741. The lowest BCUT2D eigenvalue weighted by Gasteiger charge is -2.04. The predicted molar refractivity (Wildman–Crippen MR) is 46.2 cm³/mol. The number of hydrogen-bond acceptors (Lipinski definition) is 2. The van der Waals surface area contributed by atoms with Crippen molar-refractivity contribution in [3.63, 3.8) is 0 Å². The molecule has 4 heteroatoms. The molecule has 60 valence electrons. The zero-order chi connectivity index (χ0) is 8.59. The summed E-state index contributed by atoms with van der Waals surface area (Å²) in [4.78, 5) is 11.3. The van der Waals surface area contributed by atoms with E-state index in [2.05, 4.69) is 0 Å². The number of rotatable bonds is 0. The summed E-state index contributed by atoms with van der Waals surface area (Å²) < 4.78 is 3.59. The van der Waals surface area contributed by atoms with E-state index >= 15 is 0 Å². The molecule has 1 heterocycles. The predicted octanol–water partition coefficient (Wildman–Crippen LogP) is 0.762. The highest BCUT2D eigenvalue weighted by molar-refractivity contribution is 7.71. The van der Waals surface area contributed by atoms with Crippen LogP contribution in [0.2, 0.25) is 0 Å². The fourth-order valence-corrected chi connectivity index (χ4v) is 1.09. The molecule has 0 amide bonds. The van der Waals surface area contributed by atoms with Crippen LogP contribution in [0.4, 0.5) is 0 Å². The standard InChI is InChI=1S/C7H10N2OS/c1-5-4-6(11)9(3)7(10)8(5)2/h4H,1-3H3. The lowest BCUT2D eigenvalue weighted by molar-refractivity contribution is 0.679. The van der Waals surface area contributed by atoms with Crippen LogP contribution < -0.4 is 5.69 Å². The Morgan fingerprint density at radius 2 is 1.91 bits per heavy atom. The third kappa shape index (κ3) is 1.26. The maximum atomic E-state index is 11.3. The molecular formula is C7H10N2OS. The van der Waals surface area contributed by atoms with Crippen molar-refractivity contribution >= 4 is 12.2 Å². The molecule has 0 unspecified atom stereocenters. The largest absolute Gasteiger partial charge is 0.328 e. The third-order valence-electron chi connectivity index (χ3n) is 1.77. The summed E-state index contributed by atoms with van der Waals surface area (Å²) in [5.41, 5.74) is 0.813. The first kappa shape index (κ1) is 8.20. The number of aryl methyl sites for hydroxylation is 1. The van der Waals surface area contributed by atoms with Crippen LogP contribution in [0.25, 0.3) is 0 Å². The molecule has 0 aromatic carbocycles. The second kappa shape index (κ2) is 2.62. The monoisotopic (exact) mass is 170 g/mol. The highest BCUT2D eigenvalue weighted by Gasteiger charge is 1.97. The van der Waals surface area contributed by atoms with Gasteiger partial charge in [0.1, 0.15) is 4.64 Å². The van der Waals surface area contributed by atoms with Gasteiger partial charge in [-0.1, -0.05) is 12.2 Å². The summed E-state index contributed by atoms with van der Waals surface area (Å²) in [5.74, 6) is 0. The van der Waals surface area contributed by atoms with E-state index in [-0.39, 0.29) is 5.69 Å². The van der Waals surface area contributed by atoms with E-state index in [0.717, 1.165) is 5.69 Å². The third-order valence-corrected chi connectivity index (χ3v) is 2.16. The van der Waals surface area contributed by atoms with Gasteiger partial charge in [-0.3, -0.25) is 4.57 Å². The lowest BCUT2D eigenvalue weighted by Crippen LogP contribution is -2.28. The van der Waals surface area contributed by atoms with Crippen molar-refractivity contribution in [2.45, 2.75) is 6.92 Å². The number of nitrogens with zero attached hydrogens (tertiary/aromatic N) is 2. The molecule has 0 fully saturated rings. The zero-order valence-corrected chi connectivity index (χ0v) is 7.60. The van der Waals surface area contributed by atoms with Gasteiger partial charge in [-0.15, -0.1) is 0 Å². The second-order valence-electron chi connectivity index (χ2n) is 2.52. The smallest absolute Gasteiger partial charge is 0.301 e. The molecule has 11 heavy (non-hydrogen) atoms. The van der Waals surface area contributed by atoms with Crippen LogP contribution in [0.5, 0.6) is 0 Å². The van der Waals surface area contributed by atoms with E-state index in [1.807, 2.05) is 6.92 Å². The fraction of sp³-hybridized carbons (Fsp3) is 0.429. The SMILES string of the molecule is Cc1cc(=S)n(C)c(=O)n1C. The molecule has 1 aromatic rings. The Labute approximate surface area is 69.9 Å². The van der Waals surface area contributed by atoms with Gasteiger partial charge in [0.25, 0.3) is 0 Å². The van der Waals surface area contributed by atoms with Crippen LogP contribution in [0, 0.1) is 11.6 Å². The second-order valence-corrected chi connectivity index (χ2v) is 2.94. The first-order valence-corrected chi connectivity index (χ1v) is 3.68. The Hall–Kier alpha value is -0.900. The summed E-state index contributed by atoms with van der Waals surface area (Å²) in [5, 5.41) is 0. The maximum absolute atomic E-state index is 11.3. The van der Waals surface area contributed by atoms with Gasteiger partial charge in [0.2, 0.25) is 0 Å². The number of hydrogen-bond donors (Lipinski definition) is 0.